The average Bonchev–Trinajstić information content (AvgIpc) is 2.56. The first-order valence-corrected chi connectivity index (χ1v) is 8.14. The Balaban J connectivity index is 1.60. The van der Waals surface area contributed by atoms with Crippen molar-refractivity contribution in [1.82, 2.24) is 0 Å². The van der Waals surface area contributed by atoms with Gasteiger partial charge in [-0.1, -0.05) is 60.7 Å². The minimum Gasteiger partial charge on any atom is -0.0620 e. The summed E-state index contributed by atoms with van der Waals surface area (Å²) in [6.45, 7) is 0. The van der Waals surface area contributed by atoms with Crippen LogP contribution in [-0.2, 0) is 25.7 Å². The van der Waals surface area contributed by atoms with Crippen LogP contribution in [0.2, 0.25) is 0 Å². The van der Waals surface area contributed by atoms with E-state index in [1.54, 1.807) is 0 Å². The van der Waals surface area contributed by atoms with Crippen LogP contribution in [0.5, 0.6) is 0 Å². The van der Waals surface area contributed by atoms with E-state index in [1.807, 2.05) is 0 Å². The van der Waals surface area contributed by atoms with Crippen molar-refractivity contribution in [2.45, 2.75) is 25.7 Å². The fourth-order valence-corrected chi connectivity index (χ4v) is 4.08. The van der Waals surface area contributed by atoms with E-state index in [9.17, 15) is 0 Å². The first-order valence-electron chi connectivity index (χ1n) is 8.14. The van der Waals surface area contributed by atoms with E-state index in [1.165, 1.54) is 44.5 Å². The Morgan fingerprint density at radius 2 is 0.636 bits per heavy atom. The van der Waals surface area contributed by atoms with Gasteiger partial charge in [-0.15, -0.1) is 0 Å². The second-order valence-electron chi connectivity index (χ2n) is 6.63. The lowest BCUT2D eigenvalue weighted by Gasteiger charge is -2.25. The van der Waals surface area contributed by atoms with Crippen molar-refractivity contribution >= 4 is 0 Å². The highest BCUT2D eigenvalue weighted by Crippen LogP contribution is 2.33. The smallest absolute Gasteiger partial charge is 0.00200 e. The van der Waals surface area contributed by atoms with Crippen LogP contribution < -0.4 is 0 Å². The summed E-state index contributed by atoms with van der Waals surface area (Å²) < 4.78 is 0. The molecule has 0 heterocycles. The van der Waals surface area contributed by atoms with Crippen molar-refractivity contribution in [2.24, 2.45) is 0 Å². The summed E-state index contributed by atoms with van der Waals surface area (Å²) in [5.74, 6) is 0. The highest BCUT2D eigenvalue weighted by molar-refractivity contribution is 5.53. The van der Waals surface area contributed by atoms with Gasteiger partial charge in [0.25, 0.3) is 0 Å². The molecule has 0 bridgehead atoms. The zero-order chi connectivity index (χ0) is 14.5. The third kappa shape index (κ3) is 1.84. The van der Waals surface area contributed by atoms with E-state index in [0.717, 1.165) is 25.7 Å². The number of benzene rings is 3. The molecule has 5 rings (SSSR count). The van der Waals surface area contributed by atoms with E-state index in [-0.39, 0.29) is 0 Å². The Morgan fingerprint density at radius 3 is 0.909 bits per heavy atom. The summed E-state index contributed by atoms with van der Waals surface area (Å²) in [6, 6.07) is 22.8. The molecule has 3 aromatic rings. The molecule has 0 spiro atoms. The maximum absolute atomic E-state index is 2.48. The molecule has 0 atom stereocenters. The molecular weight excluding hydrogens is 264 g/mol. The van der Waals surface area contributed by atoms with Gasteiger partial charge in [0.2, 0.25) is 0 Å². The summed E-state index contributed by atoms with van der Waals surface area (Å²) in [5, 5.41) is 0. The number of hydrogen-bond acceptors (Lipinski definition) is 0. The molecule has 0 unspecified atom stereocenters. The number of rotatable bonds is 0. The van der Waals surface area contributed by atoms with Gasteiger partial charge < -0.3 is 0 Å². The third-order valence-electron chi connectivity index (χ3n) is 5.28. The van der Waals surface area contributed by atoms with Gasteiger partial charge in [0.05, 0.1) is 0 Å². The summed E-state index contributed by atoms with van der Waals surface area (Å²) in [7, 11) is 0. The molecule has 0 N–H and O–H groups in total. The highest BCUT2D eigenvalue weighted by Gasteiger charge is 2.20. The van der Waals surface area contributed by atoms with Gasteiger partial charge in [-0.3, -0.25) is 0 Å². The lowest BCUT2D eigenvalue weighted by Crippen LogP contribution is -2.13. The molecule has 2 aliphatic rings. The Kier molecular flexibility index (Phi) is 2.54. The van der Waals surface area contributed by atoms with Crippen molar-refractivity contribution in [3.63, 3.8) is 0 Å². The van der Waals surface area contributed by atoms with Gasteiger partial charge in [0, 0.05) is 0 Å². The largest absolute Gasteiger partial charge is 0.0620 e. The fourth-order valence-electron chi connectivity index (χ4n) is 4.08. The molecule has 2 aliphatic carbocycles. The predicted octanol–water partition coefficient (Wildman–Crippen LogP) is 4.68. The number of hydrogen-bond donors (Lipinski definition) is 0. The molecular formula is C22H18. The first-order chi connectivity index (χ1) is 10.9. The van der Waals surface area contributed by atoms with Gasteiger partial charge >= 0.3 is 0 Å². The molecule has 0 amide bonds. The Morgan fingerprint density at radius 1 is 0.364 bits per heavy atom. The van der Waals surface area contributed by atoms with Crippen LogP contribution >= 0.6 is 0 Å². The van der Waals surface area contributed by atoms with E-state index < -0.39 is 0 Å². The lowest BCUT2D eigenvalue weighted by atomic mass is 9.79. The average molecular weight is 282 g/mol. The van der Waals surface area contributed by atoms with E-state index in [0.29, 0.717) is 0 Å². The van der Waals surface area contributed by atoms with Crippen molar-refractivity contribution in [3.8, 4) is 0 Å². The molecule has 22 heavy (non-hydrogen) atoms. The van der Waals surface area contributed by atoms with E-state index in [4.69, 9.17) is 0 Å². The first kappa shape index (κ1) is 12.2. The Labute approximate surface area is 131 Å². The van der Waals surface area contributed by atoms with Gasteiger partial charge in [0.15, 0.2) is 0 Å². The van der Waals surface area contributed by atoms with Crippen LogP contribution in [-0.4, -0.2) is 0 Å². The Hall–Kier alpha value is -2.34. The van der Waals surface area contributed by atoms with Crippen molar-refractivity contribution < 1.29 is 0 Å². The second kappa shape index (κ2) is 4.58. The third-order valence-corrected chi connectivity index (χ3v) is 5.28. The molecule has 0 saturated heterocycles. The summed E-state index contributed by atoms with van der Waals surface area (Å²) in [6.07, 6.45) is 4.39. The Bertz CT molecular complexity index is 743. The van der Waals surface area contributed by atoms with Crippen LogP contribution in [0.25, 0.3) is 0 Å². The van der Waals surface area contributed by atoms with Gasteiger partial charge in [-0.05, 0) is 70.2 Å². The van der Waals surface area contributed by atoms with Gasteiger partial charge in [-0.2, -0.15) is 0 Å². The van der Waals surface area contributed by atoms with Crippen LogP contribution in [0, 0.1) is 0 Å². The van der Waals surface area contributed by atoms with Crippen molar-refractivity contribution in [2.75, 3.05) is 0 Å². The molecule has 106 valence electrons. The summed E-state index contributed by atoms with van der Waals surface area (Å²) in [4.78, 5) is 0. The van der Waals surface area contributed by atoms with Gasteiger partial charge in [0.1, 0.15) is 0 Å². The molecule has 3 aromatic carbocycles. The molecule has 0 saturated carbocycles. The molecule has 0 heteroatoms. The zero-order valence-electron chi connectivity index (χ0n) is 12.6. The van der Waals surface area contributed by atoms with E-state index >= 15 is 0 Å². The highest BCUT2D eigenvalue weighted by atomic mass is 14.2. The second-order valence-corrected chi connectivity index (χ2v) is 6.63. The minimum atomic E-state index is 1.10. The molecule has 0 fully saturated rings. The monoisotopic (exact) mass is 282 g/mol. The van der Waals surface area contributed by atoms with Crippen LogP contribution in [0.15, 0.2) is 60.7 Å². The lowest BCUT2D eigenvalue weighted by molar-refractivity contribution is 0.945. The molecule has 0 radical (unpaired) electrons. The van der Waals surface area contributed by atoms with Crippen LogP contribution in [0.1, 0.15) is 44.5 Å². The van der Waals surface area contributed by atoms with Crippen LogP contribution in [0.3, 0.4) is 0 Å². The topological polar surface area (TPSA) is 0 Å². The van der Waals surface area contributed by atoms with Crippen molar-refractivity contribution in [1.29, 1.82) is 0 Å². The SMILES string of the molecule is c1ccc2c(c1)Cc1cc3c(cc1C2)Cc1ccccc1C3. The van der Waals surface area contributed by atoms with E-state index in [2.05, 4.69) is 60.7 Å². The van der Waals surface area contributed by atoms with Gasteiger partial charge in [-0.25, -0.2) is 0 Å². The molecule has 0 aromatic heterocycles. The molecule has 0 nitrogen and oxygen atoms in total. The maximum atomic E-state index is 2.48. The number of fused-ring (bicyclic) bond motifs is 4. The predicted molar refractivity (Wildman–Crippen MR) is 90.6 cm³/mol. The van der Waals surface area contributed by atoms with Crippen LogP contribution in [0.4, 0.5) is 0 Å². The summed E-state index contributed by atoms with van der Waals surface area (Å²) >= 11 is 0. The maximum Gasteiger partial charge on any atom is -0.00200 e. The normalized spacial score (nSPS) is 14.5. The zero-order valence-corrected chi connectivity index (χ0v) is 12.6. The minimum absolute atomic E-state index is 1.10. The fraction of sp³-hybridized carbons (Fsp3) is 0.182. The standard InChI is InChI=1S/C22H18/c1-2-6-16-10-20-14-22-12-18-8-4-3-7-17(18)11-21(22)13-19(20)9-15(16)5-1/h1-8,13-14H,9-12H2. The quantitative estimate of drug-likeness (QED) is 0.387. The molecule has 0 aliphatic heterocycles. The van der Waals surface area contributed by atoms with Crippen molar-refractivity contribution in [3.05, 3.63) is 105 Å². The summed E-state index contributed by atoms with van der Waals surface area (Å²) in [5.41, 5.74) is 12.2.